The third-order valence-corrected chi connectivity index (χ3v) is 3.04. The Kier molecular flexibility index (Phi) is 3.73. The van der Waals surface area contributed by atoms with E-state index in [-0.39, 0.29) is 5.91 Å². The molecule has 0 radical (unpaired) electrons. The van der Waals surface area contributed by atoms with Crippen molar-refractivity contribution in [3.8, 4) is 0 Å². The SMILES string of the molecule is O=C(Nc1ccccc1)c1cccc(Cn2ccnn2)c1. The molecule has 2 aromatic carbocycles. The zero-order chi connectivity index (χ0) is 14.5. The van der Waals surface area contributed by atoms with E-state index in [0.29, 0.717) is 12.1 Å². The molecule has 0 saturated heterocycles. The molecule has 0 bridgehead atoms. The van der Waals surface area contributed by atoms with Gasteiger partial charge < -0.3 is 5.32 Å². The maximum Gasteiger partial charge on any atom is 0.255 e. The van der Waals surface area contributed by atoms with Crippen molar-refractivity contribution in [3.63, 3.8) is 0 Å². The van der Waals surface area contributed by atoms with Crippen LogP contribution in [0.2, 0.25) is 0 Å². The lowest BCUT2D eigenvalue weighted by Gasteiger charge is -2.07. The van der Waals surface area contributed by atoms with Crippen LogP contribution in [0.4, 0.5) is 5.69 Å². The number of hydrogen-bond acceptors (Lipinski definition) is 3. The molecule has 1 N–H and O–H groups in total. The van der Waals surface area contributed by atoms with E-state index in [1.54, 1.807) is 23.1 Å². The number of rotatable bonds is 4. The number of carbonyl (C=O) groups excluding carboxylic acids is 1. The molecule has 1 amide bonds. The van der Waals surface area contributed by atoms with Gasteiger partial charge in [0.25, 0.3) is 5.91 Å². The van der Waals surface area contributed by atoms with Gasteiger partial charge in [0.15, 0.2) is 0 Å². The van der Waals surface area contributed by atoms with Gasteiger partial charge in [-0.05, 0) is 29.8 Å². The van der Waals surface area contributed by atoms with Gasteiger partial charge in [-0.1, -0.05) is 35.5 Å². The summed E-state index contributed by atoms with van der Waals surface area (Å²) in [5.74, 6) is -0.123. The molecule has 1 heterocycles. The van der Waals surface area contributed by atoms with Crippen molar-refractivity contribution >= 4 is 11.6 Å². The number of carbonyl (C=O) groups is 1. The highest BCUT2D eigenvalue weighted by Gasteiger charge is 2.07. The van der Waals surface area contributed by atoms with Gasteiger partial charge in [-0.2, -0.15) is 0 Å². The zero-order valence-electron chi connectivity index (χ0n) is 11.3. The smallest absolute Gasteiger partial charge is 0.255 e. The van der Waals surface area contributed by atoms with E-state index in [9.17, 15) is 4.79 Å². The highest BCUT2D eigenvalue weighted by Crippen LogP contribution is 2.11. The molecule has 0 aliphatic carbocycles. The van der Waals surface area contributed by atoms with Crippen LogP contribution in [0.5, 0.6) is 0 Å². The van der Waals surface area contributed by atoms with E-state index in [0.717, 1.165) is 11.3 Å². The fourth-order valence-electron chi connectivity index (χ4n) is 2.04. The normalized spacial score (nSPS) is 10.3. The Bertz CT molecular complexity index is 723. The molecule has 0 aliphatic rings. The summed E-state index contributed by atoms with van der Waals surface area (Å²) in [7, 11) is 0. The fourth-order valence-corrected chi connectivity index (χ4v) is 2.04. The van der Waals surface area contributed by atoms with Crippen LogP contribution in [0.15, 0.2) is 67.0 Å². The van der Waals surface area contributed by atoms with Gasteiger partial charge in [0.05, 0.1) is 12.7 Å². The number of benzene rings is 2. The van der Waals surface area contributed by atoms with Gasteiger partial charge in [0.2, 0.25) is 0 Å². The van der Waals surface area contributed by atoms with Crippen LogP contribution in [-0.2, 0) is 6.54 Å². The number of para-hydroxylation sites is 1. The van der Waals surface area contributed by atoms with Gasteiger partial charge in [0.1, 0.15) is 0 Å². The highest BCUT2D eigenvalue weighted by molar-refractivity contribution is 6.04. The Labute approximate surface area is 122 Å². The molecule has 5 nitrogen and oxygen atoms in total. The zero-order valence-corrected chi connectivity index (χ0v) is 11.3. The monoisotopic (exact) mass is 278 g/mol. The lowest BCUT2D eigenvalue weighted by molar-refractivity contribution is 0.102. The second-order valence-electron chi connectivity index (χ2n) is 4.62. The minimum absolute atomic E-state index is 0.123. The summed E-state index contributed by atoms with van der Waals surface area (Å²) < 4.78 is 1.72. The molecular formula is C16H14N4O. The molecule has 0 atom stereocenters. The summed E-state index contributed by atoms with van der Waals surface area (Å²) in [5, 5.41) is 10.6. The number of nitrogens with zero attached hydrogens (tertiary/aromatic N) is 3. The number of hydrogen-bond donors (Lipinski definition) is 1. The Hall–Kier alpha value is -2.95. The lowest BCUT2D eigenvalue weighted by Crippen LogP contribution is -2.12. The van der Waals surface area contributed by atoms with E-state index in [1.807, 2.05) is 48.5 Å². The van der Waals surface area contributed by atoms with Crippen LogP contribution < -0.4 is 5.32 Å². The maximum atomic E-state index is 12.2. The van der Waals surface area contributed by atoms with Gasteiger partial charge in [-0.3, -0.25) is 4.79 Å². The second-order valence-corrected chi connectivity index (χ2v) is 4.62. The van der Waals surface area contributed by atoms with Crippen molar-refractivity contribution in [2.45, 2.75) is 6.54 Å². The summed E-state index contributed by atoms with van der Waals surface area (Å²) in [5.41, 5.74) is 2.40. The largest absolute Gasteiger partial charge is 0.322 e. The molecular weight excluding hydrogens is 264 g/mol. The van der Waals surface area contributed by atoms with Crippen molar-refractivity contribution < 1.29 is 4.79 Å². The van der Waals surface area contributed by atoms with Gasteiger partial charge in [0, 0.05) is 17.4 Å². The Balaban J connectivity index is 1.74. The minimum Gasteiger partial charge on any atom is -0.322 e. The summed E-state index contributed by atoms with van der Waals surface area (Å²) >= 11 is 0. The molecule has 21 heavy (non-hydrogen) atoms. The van der Waals surface area contributed by atoms with E-state index in [1.165, 1.54) is 0 Å². The molecule has 5 heteroatoms. The molecule has 0 spiro atoms. The summed E-state index contributed by atoms with van der Waals surface area (Å²) in [6, 6.07) is 16.9. The van der Waals surface area contributed by atoms with Crippen LogP contribution in [0.25, 0.3) is 0 Å². The average molecular weight is 278 g/mol. The topological polar surface area (TPSA) is 59.8 Å². The maximum absolute atomic E-state index is 12.2. The van der Waals surface area contributed by atoms with Gasteiger partial charge in [-0.25, -0.2) is 4.68 Å². The van der Waals surface area contributed by atoms with Gasteiger partial charge in [-0.15, -0.1) is 5.10 Å². The van der Waals surface area contributed by atoms with Crippen LogP contribution in [0, 0.1) is 0 Å². The third-order valence-electron chi connectivity index (χ3n) is 3.04. The summed E-state index contributed by atoms with van der Waals surface area (Å²) in [6.07, 6.45) is 3.42. The Morgan fingerprint density at radius 3 is 2.71 bits per heavy atom. The Morgan fingerprint density at radius 2 is 1.95 bits per heavy atom. The first-order chi connectivity index (χ1) is 10.3. The average Bonchev–Trinajstić information content (AvgIpc) is 3.01. The van der Waals surface area contributed by atoms with Crippen molar-refractivity contribution in [1.29, 1.82) is 0 Å². The predicted octanol–water partition coefficient (Wildman–Crippen LogP) is 2.58. The van der Waals surface area contributed by atoms with Crippen molar-refractivity contribution in [3.05, 3.63) is 78.1 Å². The molecule has 1 aromatic heterocycles. The molecule has 104 valence electrons. The number of anilines is 1. The second kappa shape index (κ2) is 6.00. The third kappa shape index (κ3) is 3.33. The first kappa shape index (κ1) is 13.1. The summed E-state index contributed by atoms with van der Waals surface area (Å²) in [6.45, 7) is 0.590. The quantitative estimate of drug-likeness (QED) is 0.798. The highest BCUT2D eigenvalue weighted by atomic mass is 16.1. The van der Waals surface area contributed by atoms with E-state index < -0.39 is 0 Å². The van der Waals surface area contributed by atoms with Crippen LogP contribution in [0.3, 0.4) is 0 Å². The molecule has 3 rings (SSSR count). The Morgan fingerprint density at radius 1 is 1.10 bits per heavy atom. The van der Waals surface area contributed by atoms with E-state index in [4.69, 9.17) is 0 Å². The van der Waals surface area contributed by atoms with Crippen LogP contribution >= 0.6 is 0 Å². The fraction of sp³-hybridized carbons (Fsp3) is 0.0625. The first-order valence-electron chi connectivity index (χ1n) is 6.61. The standard InChI is InChI=1S/C16H14N4O/c21-16(18-15-7-2-1-3-8-15)14-6-4-5-13(11-14)12-20-10-9-17-19-20/h1-11H,12H2,(H,18,21). The first-order valence-corrected chi connectivity index (χ1v) is 6.61. The van der Waals surface area contributed by atoms with Gasteiger partial charge >= 0.3 is 0 Å². The molecule has 0 saturated carbocycles. The number of amides is 1. The number of aromatic nitrogens is 3. The lowest BCUT2D eigenvalue weighted by atomic mass is 10.1. The minimum atomic E-state index is -0.123. The molecule has 0 fully saturated rings. The van der Waals surface area contributed by atoms with E-state index in [2.05, 4.69) is 15.6 Å². The van der Waals surface area contributed by atoms with Crippen LogP contribution in [0.1, 0.15) is 15.9 Å². The van der Waals surface area contributed by atoms with Crippen molar-refractivity contribution in [2.24, 2.45) is 0 Å². The van der Waals surface area contributed by atoms with E-state index >= 15 is 0 Å². The predicted molar refractivity (Wildman–Crippen MR) is 80.0 cm³/mol. The molecule has 3 aromatic rings. The van der Waals surface area contributed by atoms with Crippen molar-refractivity contribution in [2.75, 3.05) is 5.32 Å². The molecule has 0 aliphatic heterocycles. The van der Waals surface area contributed by atoms with Crippen molar-refractivity contribution in [1.82, 2.24) is 15.0 Å². The van der Waals surface area contributed by atoms with Crippen LogP contribution in [-0.4, -0.2) is 20.9 Å². The molecule has 0 unspecified atom stereocenters. The number of nitrogens with one attached hydrogen (secondary N) is 1. The summed E-state index contributed by atoms with van der Waals surface area (Å²) in [4.78, 5) is 12.2.